The average molecular weight is 448 g/mol. The standard InChI is InChI=1S/C20H16BrClN2OS/c21-13-5-1-11(2-6-13)16-17(20(25)24-15-9-10-15)19(23)26-18(16)12-3-7-14(22)8-4-12/h1-8,15H,9-10,23H2,(H,24,25). The largest absolute Gasteiger partial charge is 0.390 e. The van der Waals surface area contributed by atoms with Crippen LogP contribution in [0.2, 0.25) is 5.02 Å². The summed E-state index contributed by atoms with van der Waals surface area (Å²) in [5.41, 5.74) is 9.70. The minimum atomic E-state index is -0.0978. The van der Waals surface area contributed by atoms with Crippen LogP contribution in [-0.4, -0.2) is 11.9 Å². The van der Waals surface area contributed by atoms with Gasteiger partial charge in [0.2, 0.25) is 0 Å². The molecule has 26 heavy (non-hydrogen) atoms. The summed E-state index contributed by atoms with van der Waals surface area (Å²) in [7, 11) is 0. The van der Waals surface area contributed by atoms with Crippen molar-refractivity contribution in [1.82, 2.24) is 5.32 Å². The molecule has 3 nitrogen and oxygen atoms in total. The number of anilines is 1. The third-order valence-corrected chi connectivity index (χ3v) is 6.16. The SMILES string of the molecule is Nc1sc(-c2ccc(Cl)cc2)c(-c2ccc(Br)cc2)c1C(=O)NC1CC1. The number of amides is 1. The van der Waals surface area contributed by atoms with Gasteiger partial charge in [0.15, 0.2) is 0 Å². The van der Waals surface area contributed by atoms with E-state index in [-0.39, 0.29) is 11.9 Å². The highest BCUT2D eigenvalue weighted by Gasteiger charge is 2.29. The lowest BCUT2D eigenvalue weighted by Crippen LogP contribution is -2.26. The smallest absolute Gasteiger partial charge is 0.255 e. The Bertz CT molecular complexity index is 963. The Morgan fingerprint density at radius 2 is 1.69 bits per heavy atom. The first-order valence-electron chi connectivity index (χ1n) is 8.28. The van der Waals surface area contributed by atoms with Crippen LogP contribution < -0.4 is 11.1 Å². The molecule has 0 radical (unpaired) electrons. The second-order valence-corrected chi connectivity index (χ2v) is 8.71. The molecule has 2 aromatic carbocycles. The number of hydrogen-bond donors (Lipinski definition) is 2. The summed E-state index contributed by atoms with van der Waals surface area (Å²) in [6.07, 6.45) is 2.07. The molecule has 0 aliphatic heterocycles. The molecule has 1 saturated carbocycles. The van der Waals surface area contributed by atoms with Crippen LogP contribution in [0.5, 0.6) is 0 Å². The molecule has 1 heterocycles. The highest BCUT2D eigenvalue weighted by molar-refractivity contribution is 9.10. The van der Waals surface area contributed by atoms with E-state index in [9.17, 15) is 4.79 Å². The van der Waals surface area contributed by atoms with Crippen molar-refractivity contribution in [2.75, 3.05) is 5.73 Å². The van der Waals surface area contributed by atoms with Gasteiger partial charge in [-0.1, -0.05) is 51.8 Å². The summed E-state index contributed by atoms with van der Waals surface area (Å²) in [5.74, 6) is -0.0978. The zero-order valence-corrected chi connectivity index (χ0v) is 16.9. The molecule has 1 aliphatic rings. The van der Waals surface area contributed by atoms with Gasteiger partial charge in [-0.15, -0.1) is 11.3 Å². The Morgan fingerprint density at radius 3 is 2.31 bits per heavy atom. The molecule has 0 spiro atoms. The fourth-order valence-corrected chi connectivity index (χ4v) is 4.34. The number of nitrogens with one attached hydrogen (secondary N) is 1. The van der Waals surface area contributed by atoms with Crippen molar-refractivity contribution in [1.29, 1.82) is 0 Å². The summed E-state index contributed by atoms with van der Waals surface area (Å²) in [6, 6.07) is 15.8. The molecule has 1 fully saturated rings. The zero-order chi connectivity index (χ0) is 18.3. The molecule has 3 aromatic rings. The predicted molar refractivity (Wildman–Crippen MR) is 113 cm³/mol. The van der Waals surface area contributed by atoms with E-state index >= 15 is 0 Å². The molecule has 1 aromatic heterocycles. The summed E-state index contributed by atoms with van der Waals surface area (Å²) in [4.78, 5) is 13.8. The van der Waals surface area contributed by atoms with Crippen LogP contribution in [0, 0.1) is 0 Å². The molecule has 0 unspecified atom stereocenters. The number of hydrogen-bond acceptors (Lipinski definition) is 3. The van der Waals surface area contributed by atoms with Gasteiger partial charge in [-0.05, 0) is 48.2 Å². The number of halogens is 2. The van der Waals surface area contributed by atoms with Gasteiger partial charge in [-0.25, -0.2) is 0 Å². The van der Waals surface area contributed by atoms with Gasteiger partial charge in [0, 0.05) is 26.0 Å². The van der Waals surface area contributed by atoms with Crippen molar-refractivity contribution in [3.8, 4) is 21.6 Å². The monoisotopic (exact) mass is 446 g/mol. The van der Waals surface area contributed by atoms with E-state index in [0.29, 0.717) is 15.6 Å². The van der Waals surface area contributed by atoms with Crippen LogP contribution in [0.25, 0.3) is 21.6 Å². The van der Waals surface area contributed by atoms with Gasteiger partial charge in [-0.2, -0.15) is 0 Å². The minimum Gasteiger partial charge on any atom is -0.390 e. The first kappa shape index (κ1) is 17.6. The van der Waals surface area contributed by atoms with Crippen molar-refractivity contribution in [2.45, 2.75) is 18.9 Å². The zero-order valence-electron chi connectivity index (χ0n) is 13.8. The van der Waals surface area contributed by atoms with Gasteiger partial charge in [-0.3, -0.25) is 4.79 Å². The van der Waals surface area contributed by atoms with Crippen molar-refractivity contribution >= 4 is 49.8 Å². The molecule has 4 rings (SSSR count). The minimum absolute atomic E-state index is 0.0978. The van der Waals surface area contributed by atoms with Crippen molar-refractivity contribution < 1.29 is 4.79 Å². The third-order valence-electron chi connectivity index (χ3n) is 4.31. The fraction of sp³-hybridized carbons (Fsp3) is 0.150. The topological polar surface area (TPSA) is 55.1 Å². The highest BCUT2D eigenvalue weighted by atomic mass is 79.9. The number of carbonyl (C=O) groups excluding carboxylic acids is 1. The summed E-state index contributed by atoms with van der Waals surface area (Å²) < 4.78 is 0.987. The summed E-state index contributed by atoms with van der Waals surface area (Å²) >= 11 is 10.9. The summed E-state index contributed by atoms with van der Waals surface area (Å²) in [6.45, 7) is 0. The average Bonchev–Trinajstić information content (AvgIpc) is 3.36. The maximum atomic E-state index is 12.9. The van der Waals surface area contributed by atoms with Crippen LogP contribution in [0.3, 0.4) is 0 Å². The first-order chi connectivity index (χ1) is 12.5. The molecule has 3 N–H and O–H groups in total. The van der Waals surface area contributed by atoms with Gasteiger partial charge >= 0.3 is 0 Å². The number of carbonyl (C=O) groups is 1. The van der Waals surface area contributed by atoms with E-state index < -0.39 is 0 Å². The van der Waals surface area contributed by atoms with E-state index in [1.165, 1.54) is 11.3 Å². The van der Waals surface area contributed by atoms with Gasteiger partial charge < -0.3 is 11.1 Å². The molecule has 1 amide bonds. The second kappa shape index (κ2) is 7.06. The van der Waals surface area contributed by atoms with E-state index in [4.69, 9.17) is 17.3 Å². The van der Waals surface area contributed by atoms with E-state index in [1.807, 2.05) is 48.5 Å². The number of benzene rings is 2. The van der Waals surface area contributed by atoms with Crippen molar-refractivity contribution in [3.63, 3.8) is 0 Å². The second-order valence-electron chi connectivity index (χ2n) is 6.31. The lowest BCUT2D eigenvalue weighted by Gasteiger charge is -2.10. The molecule has 1 aliphatic carbocycles. The highest BCUT2D eigenvalue weighted by Crippen LogP contribution is 2.45. The summed E-state index contributed by atoms with van der Waals surface area (Å²) in [5, 5.41) is 4.27. The quantitative estimate of drug-likeness (QED) is 0.517. The van der Waals surface area contributed by atoms with Crippen LogP contribution in [0.15, 0.2) is 53.0 Å². The third kappa shape index (κ3) is 3.52. The van der Waals surface area contributed by atoms with Gasteiger partial charge in [0.25, 0.3) is 5.91 Å². The number of rotatable bonds is 4. The Hall–Kier alpha value is -1.82. The molecule has 132 valence electrons. The van der Waals surface area contributed by atoms with E-state index in [2.05, 4.69) is 21.2 Å². The van der Waals surface area contributed by atoms with E-state index in [1.54, 1.807) is 0 Å². The van der Waals surface area contributed by atoms with Gasteiger partial charge in [0.1, 0.15) is 0 Å². The molecule has 0 atom stereocenters. The van der Waals surface area contributed by atoms with Crippen LogP contribution in [-0.2, 0) is 0 Å². The maximum absolute atomic E-state index is 12.9. The number of thiophene rings is 1. The molecular formula is C20H16BrClN2OS. The Kier molecular flexibility index (Phi) is 4.78. The van der Waals surface area contributed by atoms with Crippen molar-refractivity contribution in [2.24, 2.45) is 0 Å². The number of nitrogen functional groups attached to an aromatic ring is 1. The maximum Gasteiger partial charge on any atom is 0.255 e. The molecule has 0 bridgehead atoms. The number of nitrogens with two attached hydrogens (primary N) is 1. The Morgan fingerprint density at radius 1 is 1.08 bits per heavy atom. The Balaban J connectivity index is 1.89. The van der Waals surface area contributed by atoms with Crippen LogP contribution >= 0.6 is 38.9 Å². The lowest BCUT2D eigenvalue weighted by molar-refractivity contribution is 0.0953. The molecule has 0 saturated heterocycles. The normalized spacial score (nSPS) is 13.6. The lowest BCUT2D eigenvalue weighted by atomic mass is 9.97. The molecular weight excluding hydrogens is 432 g/mol. The van der Waals surface area contributed by atoms with Gasteiger partial charge in [0.05, 0.1) is 10.6 Å². The molecule has 6 heteroatoms. The predicted octanol–water partition coefficient (Wildman–Crippen LogP) is 5.97. The Labute approximate surface area is 169 Å². The fourth-order valence-electron chi connectivity index (χ4n) is 2.86. The van der Waals surface area contributed by atoms with Crippen molar-refractivity contribution in [3.05, 3.63) is 63.6 Å². The van der Waals surface area contributed by atoms with Crippen LogP contribution in [0.4, 0.5) is 5.00 Å². The first-order valence-corrected chi connectivity index (χ1v) is 10.3. The van der Waals surface area contributed by atoms with Crippen LogP contribution in [0.1, 0.15) is 23.2 Å². The van der Waals surface area contributed by atoms with E-state index in [0.717, 1.165) is 38.9 Å².